The van der Waals surface area contributed by atoms with Gasteiger partial charge >= 0.3 is 0 Å². The lowest BCUT2D eigenvalue weighted by atomic mass is 9.92. The van der Waals surface area contributed by atoms with Crippen LogP contribution in [0.4, 0.5) is 0 Å². The molecule has 1 radical (unpaired) electrons. The highest BCUT2D eigenvalue weighted by molar-refractivity contribution is 4.86. The fraction of sp³-hybridized carbons (Fsp3) is 0.875. The molecule has 2 unspecified atom stereocenters. The first-order valence-electron chi connectivity index (χ1n) is 3.72. The number of rotatable bonds is 0. The van der Waals surface area contributed by atoms with Crippen LogP contribution in [0.5, 0.6) is 0 Å². The van der Waals surface area contributed by atoms with Gasteiger partial charge in [0.15, 0.2) is 0 Å². The van der Waals surface area contributed by atoms with Crippen molar-refractivity contribution in [2.75, 3.05) is 20.1 Å². The summed E-state index contributed by atoms with van der Waals surface area (Å²) in [7, 11) is 2.19. The molecule has 0 bridgehead atoms. The smallest absolute Gasteiger partial charge is 0.000695 e. The van der Waals surface area contributed by atoms with Crippen LogP contribution in [0.25, 0.3) is 0 Å². The fourth-order valence-corrected chi connectivity index (χ4v) is 1.74. The largest absolute Gasteiger partial charge is 0.306 e. The van der Waals surface area contributed by atoms with Crippen molar-refractivity contribution in [1.29, 1.82) is 0 Å². The van der Waals surface area contributed by atoms with E-state index in [9.17, 15) is 0 Å². The van der Waals surface area contributed by atoms with Crippen molar-refractivity contribution < 1.29 is 0 Å². The summed E-state index contributed by atoms with van der Waals surface area (Å²) in [6.07, 6.45) is 2.44. The minimum atomic E-state index is 0.791. The highest BCUT2D eigenvalue weighted by Crippen LogP contribution is 2.17. The van der Waals surface area contributed by atoms with E-state index >= 15 is 0 Å². The number of piperidine rings is 1. The predicted molar refractivity (Wildman–Crippen MR) is 40.1 cm³/mol. The van der Waals surface area contributed by atoms with Crippen LogP contribution in [0.3, 0.4) is 0 Å². The minimum absolute atomic E-state index is 0.791. The third-order valence-electron chi connectivity index (χ3n) is 1.86. The van der Waals surface area contributed by atoms with E-state index in [2.05, 4.69) is 32.2 Å². The van der Waals surface area contributed by atoms with Crippen LogP contribution in [0.2, 0.25) is 0 Å². The molecule has 1 heterocycles. The molecule has 0 amide bonds. The van der Waals surface area contributed by atoms with Crippen molar-refractivity contribution in [2.24, 2.45) is 11.8 Å². The van der Waals surface area contributed by atoms with E-state index in [1.54, 1.807) is 0 Å². The molecule has 1 heteroatoms. The Kier molecular flexibility index (Phi) is 2.12. The van der Waals surface area contributed by atoms with E-state index in [-0.39, 0.29) is 0 Å². The third kappa shape index (κ3) is 1.98. The van der Waals surface area contributed by atoms with Crippen molar-refractivity contribution in [3.05, 3.63) is 6.42 Å². The molecule has 1 fully saturated rings. The maximum Gasteiger partial charge on any atom is 0.000695 e. The Morgan fingerprint density at radius 2 is 1.67 bits per heavy atom. The van der Waals surface area contributed by atoms with Crippen molar-refractivity contribution in [3.8, 4) is 0 Å². The van der Waals surface area contributed by atoms with Gasteiger partial charge in [0, 0.05) is 13.1 Å². The summed E-state index contributed by atoms with van der Waals surface area (Å²) in [5, 5.41) is 0. The summed E-state index contributed by atoms with van der Waals surface area (Å²) in [4.78, 5) is 2.40. The third-order valence-corrected chi connectivity index (χ3v) is 1.86. The Bertz CT molecular complexity index is 65.5. The molecule has 1 saturated heterocycles. The first-order chi connectivity index (χ1) is 4.18. The highest BCUT2D eigenvalue weighted by Gasteiger charge is 2.18. The molecule has 0 aromatic heterocycles. The van der Waals surface area contributed by atoms with Crippen LogP contribution in [-0.4, -0.2) is 25.0 Å². The molecule has 0 spiro atoms. The van der Waals surface area contributed by atoms with Crippen LogP contribution in [0.15, 0.2) is 0 Å². The normalized spacial score (nSPS) is 39.0. The second-order valence-corrected chi connectivity index (χ2v) is 3.37. The average Bonchev–Trinajstić information content (AvgIpc) is 1.59. The van der Waals surface area contributed by atoms with E-state index in [1.165, 1.54) is 13.1 Å². The molecule has 0 aromatic carbocycles. The van der Waals surface area contributed by atoms with Crippen LogP contribution in [0.1, 0.15) is 13.8 Å². The first kappa shape index (κ1) is 7.07. The zero-order valence-electron chi connectivity index (χ0n) is 6.59. The summed E-state index contributed by atoms with van der Waals surface area (Å²) in [5.41, 5.74) is 0. The van der Waals surface area contributed by atoms with E-state index in [0.717, 1.165) is 11.8 Å². The molecule has 9 heavy (non-hydrogen) atoms. The van der Waals surface area contributed by atoms with Crippen LogP contribution < -0.4 is 0 Å². The Morgan fingerprint density at radius 1 is 1.22 bits per heavy atom. The molecule has 0 saturated carbocycles. The zero-order valence-corrected chi connectivity index (χ0v) is 6.59. The lowest BCUT2D eigenvalue weighted by Crippen LogP contribution is -2.35. The lowest BCUT2D eigenvalue weighted by molar-refractivity contribution is 0.221. The van der Waals surface area contributed by atoms with Crippen molar-refractivity contribution in [1.82, 2.24) is 4.90 Å². The van der Waals surface area contributed by atoms with Gasteiger partial charge < -0.3 is 4.90 Å². The summed E-state index contributed by atoms with van der Waals surface area (Å²) in [6.45, 7) is 7.05. The maximum absolute atomic E-state index is 2.44. The number of hydrogen-bond acceptors (Lipinski definition) is 1. The van der Waals surface area contributed by atoms with Crippen molar-refractivity contribution >= 4 is 0 Å². The quantitative estimate of drug-likeness (QED) is 0.474. The molecule has 0 aromatic rings. The van der Waals surface area contributed by atoms with Crippen LogP contribution in [0, 0.1) is 18.3 Å². The summed E-state index contributed by atoms with van der Waals surface area (Å²) in [5.74, 6) is 1.58. The van der Waals surface area contributed by atoms with Gasteiger partial charge in [-0.15, -0.1) is 0 Å². The van der Waals surface area contributed by atoms with Gasteiger partial charge in [-0.25, -0.2) is 0 Å². The van der Waals surface area contributed by atoms with Crippen molar-refractivity contribution in [3.63, 3.8) is 0 Å². The van der Waals surface area contributed by atoms with Crippen molar-refractivity contribution in [2.45, 2.75) is 13.8 Å². The molecule has 1 nitrogen and oxygen atoms in total. The highest BCUT2D eigenvalue weighted by atomic mass is 15.1. The topological polar surface area (TPSA) is 3.24 Å². The number of hydrogen-bond donors (Lipinski definition) is 0. The monoisotopic (exact) mass is 126 g/mol. The predicted octanol–water partition coefficient (Wildman–Crippen LogP) is 1.41. The summed E-state index contributed by atoms with van der Waals surface area (Å²) >= 11 is 0. The fourth-order valence-electron chi connectivity index (χ4n) is 1.74. The SMILES string of the molecule is CC1[CH]C(C)CN(C)C1. The van der Waals surface area contributed by atoms with Gasteiger partial charge in [0.25, 0.3) is 0 Å². The molecule has 0 aliphatic carbocycles. The molecule has 0 N–H and O–H groups in total. The summed E-state index contributed by atoms with van der Waals surface area (Å²) < 4.78 is 0. The van der Waals surface area contributed by atoms with E-state index in [0.29, 0.717) is 0 Å². The van der Waals surface area contributed by atoms with E-state index in [1.807, 2.05) is 0 Å². The van der Waals surface area contributed by atoms with Gasteiger partial charge in [-0.1, -0.05) is 13.8 Å². The van der Waals surface area contributed by atoms with E-state index < -0.39 is 0 Å². The second kappa shape index (κ2) is 2.70. The number of nitrogens with zero attached hydrogens (tertiary/aromatic N) is 1. The molecule has 1 rings (SSSR count). The van der Waals surface area contributed by atoms with Gasteiger partial charge in [0.05, 0.1) is 0 Å². The Hall–Kier alpha value is -0.0400. The van der Waals surface area contributed by atoms with Gasteiger partial charge in [-0.05, 0) is 25.3 Å². The first-order valence-corrected chi connectivity index (χ1v) is 3.72. The summed E-state index contributed by atoms with van der Waals surface area (Å²) in [6, 6.07) is 0. The molecule has 2 atom stereocenters. The van der Waals surface area contributed by atoms with Gasteiger partial charge in [-0.2, -0.15) is 0 Å². The van der Waals surface area contributed by atoms with Gasteiger partial charge in [-0.3, -0.25) is 0 Å². The second-order valence-electron chi connectivity index (χ2n) is 3.37. The molecule has 1 aliphatic heterocycles. The minimum Gasteiger partial charge on any atom is -0.306 e. The standard InChI is InChI=1S/C8H16N/c1-7-4-8(2)6-9(3)5-7/h4,7-8H,5-6H2,1-3H3. The maximum atomic E-state index is 2.44. The number of likely N-dealkylation sites (tertiary alicyclic amines) is 1. The van der Waals surface area contributed by atoms with Crippen LogP contribution in [-0.2, 0) is 0 Å². The molecular formula is C8H16N. The molecular weight excluding hydrogens is 110 g/mol. The Balaban J connectivity index is 2.34. The van der Waals surface area contributed by atoms with E-state index in [4.69, 9.17) is 0 Å². The van der Waals surface area contributed by atoms with Gasteiger partial charge in [0.1, 0.15) is 0 Å². The average molecular weight is 126 g/mol. The zero-order chi connectivity index (χ0) is 6.85. The van der Waals surface area contributed by atoms with Gasteiger partial charge in [0.2, 0.25) is 0 Å². The Labute approximate surface area is 58.0 Å². The molecule has 1 aliphatic rings. The lowest BCUT2D eigenvalue weighted by Gasteiger charge is -2.31. The molecule has 53 valence electrons. The van der Waals surface area contributed by atoms with Crippen LogP contribution >= 0.6 is 0 Å². The Morgan fingerprint density at radius 3 is 2.00 bits per heavy atom.